The van der Waals surface area contributed by atoms with E-state index in [2.05, 4.69) is 4.98 Å². The second-order valence-electron chi connectivity index (χ2n) is 6.57. The number of carbonyl (C=O) groups excluding carboxylic acids is 2. The molecular formula is C17H22N2O4. The number of fused-ring (bicyclic) bond motifs is 1. The van der Waals surface area contributed by atoms with E-state index in [1.54, 1.807) is 4.90 Å². The molecule has 1 aromatic rings. The molecule has 3 heterocycles. The number of hydrogen-bond acceptors (Lipinski definition) is 5. The number of carbonyl (C=O) groups is 2. The summed E-state index contributed by atoms with van der Waals surface area (Å²) in [6, 6.07) is 3.86. The third-order valence-electron chi connectivity index (χ3n) is 4.82. The van der Waals surface area contributed by atoms with Crippen LogP contribution in [-0.4, -0.2) is 55.2 Å². The van der Waals surface area contributed by atoms with Gasteiger partial charge in [0.25, 0.3) is 0 Å². The lowest BCUT2D eigenvalue weighted by Gasteiger charge is -2.23. The predicted octanol–water partition coefficient (Wildman–Crippen LogP) is 0.889. The quantitative estimate of drug-likeness (QED) is 0.774. The van der Waals surface area contributed by atoms with Gasteiger partial charge < -0.3 is 14.4 Å². The molecule has 0 unspecified atom stereocenters. The number of likely N-dealkylation sites (tertiary alicyclic amines) is 1. The van der Waals surface area contributed by atoms with E-state index < -0.39 is 5.41 Å². The summed E-state index contributed by atoms with van der Waals surface area (Å²) < 4.78 is 10.4. The van der Waals surface area contributed by atoms with E-state index in [0.717, 1.165) is 17.0 Å². The highest BCUT2D eigenvalue weighted by Gasteiger charge is 2.57. The molecular weight excluding hydrogens is 296 g/mol. The van der Waals surface area contributed by atoms with Crippen molar-refractivity contribution in [1.29, 1.82) is 0 Å². The zero-order valence-electron chi connectivity index (χ0n) is 13.8. The van der Waals surface area contributed by atoms with E-state index in [0.29, 0.717) is 32.7 Å². The van der Waals surface area contributed by atoms with Crippen LogP contribution in [0, 0.1) is 25.2 Å². The van der Waals surface area contributed by atoms with Crippen molar-refractivity contribution in [3.63, 3.8) is 0 Å². The van der Waals surface area contributed by atoms with Gasteiger partial charge in [0.2, 0.25) is 5.91 Å². The van der Waals surface area contributed by atoms with Gasteiger partial charge in [0.1, 0.15) is 5.41 Å². The summed E-state index contributed by atoms with van der Waals surface area (Å²) in [5.74, 6) is -0.210. The molecule has 2 aliphatic rings. The van der Waals surface area contributed by atoms with Gasteiger partial charge in [0, 0.05) is 30.4 Å². The van der Waals surface area contributed by atoms with Crippen LogP contribution in [0.15, 0.2) is 12.1 Å². The fourth-order valence-corrected chi connectivity index (χ4v) is 3.73. The van der Waals surface area contributed by atoms with Gasteiger partial charge in [-0.15, -0.1) is 0 Å². The van der Waals surface area contributed by atoms with Gasteiger partial charge in [-0.2, -0.15) is 0 Å². The van der Waals surface area contributed by atoms with E-state index in [4.69, 9.17) is 9.47 Å². The van der Waals surface area contributed by atoms with Crippen LogP contribution in [0.2, 0.25) is 0 Å². The fraction of sp³-hybridized carbons (Fsp3) is 0.588. The van der Waals surface area contributed by atoms with Crippen LogP contribution in [0.25, 0.3) is 0 Å². The number of methoxy groups -OCH3 is 1. The highest BCUT2D eigenvalue weighted by atomic mass is 16.5. The van der Waals surface area contributed by atoms with Gasteiger partial charge in [-0.25, -0.2) is 0 Å². The number of hydrogen-bond donors (Lipinski definition) is 0. The van der Waals surface area contributed by atoms with E-state index in [1.807, 2.05) is 26.0 Å². The Labute approximate surface area is 135 Å². The van der Waals surface area contributed by atoms with Crippen molar-refractivity contribution in [2.24, 2.45) is 11.3 Å². The van der Waals surface area contributed by atoms with Crippen LogP contribution >= 0.6 is 0 Å². The Hall–Kier alpha value is -1.95. The van der Waals surface area contributed by atoms with Gasteiger partial charge in [-0.3, -0.25) is 14.6 Å². The molecule has 6 heteroatoms. The lowest BCUT2D eigenvalue weighted by Crippen LogP contribution is -2.41. The summed E-state index contributed by atoms with van der Waals surface area (Å²) in [4.78, 5) is 30.9. The van der Waals surface area contributed by atoms with Gasteiger partial charge in [-0.05, 0) is 31.5 Å². The van der Waals surface area contributed by atoms with E-state index in [1.165, 1.54) is 7.11 Å². The van der Waals surface area contributed by atoms with Crippen molar-refractivity contribution in [2.75, 3.05) is 33.4 Å². The number of pyridine rings is 1. The Kier molecular flexibility index (Phi) is 4.10. The summed E-state index contributed by atoms with van der Waals surface area (Å²) in [6.45, 7) is 5.62. The molecule has 2 atom stereocenters. The highest BCUT2D eigenvalue weighted by Crippen LogP contribution is 2.42. The molecule has 2 aliphatic heterocycles. The van der Waals surface area contributed by atoms with Crippen LogP contribution in [-0.2, 0) is 25.5 Å². The third kappa shape index (κ3) is 2.83. The number of aromatic nitrogens is 1. The van der Waals surface area contributed by atoms with Crippen molar-refractivity contribution >= 4 is 11.9 Å². The molecule has 1 amide bonds. The number of ether oxygens (including phenoxy) is 2. The zero-order valence-corrected chi connectivity index (χ0v) is 13.8. The van der Waals surface area contributed by atoms with E-state index in [-0.39, 0.29) is 17.8 Å². The molecule has 2 fully saturated rings. The lowest BCUT2D eigenvalue weighted by atomic mass is 9.81. The first-order valence-electron chi connectivity index (χ1n) is 7.83. The van der Waals surface area contributed by atoms with Crippen LogP contribution < -0.4 is 0 Å². The standard InChI is InChI=1S/C17H22N2O4/c1-11-4-13(5-12(2)18-11)6-15(20)19-7-14-8-23-10-17(14,9-19)16(21)22-3/h4-5,14H,6-10H2,1-3H3/t14-,17-/m0/s1. The lowest BCUT2D eigenvalue weighted by molar-refractivity contribution is -0.153. The fourth-order valence-electron chi connectivity index (χ4n) is 3.73. The van der Waals surface area contributed by atoms with Crippen LogP contribution in [0.1, 0.15) is 17.0 Å². The van der Waals surface area contributed by atoms with Crippen LogP contribution in [0.4, 0.5) is 0 Å². The van der Waals surface area contributed by atoms with Crippen LogP contribution in [0.5, 0.6) is 0 Å². The molecule has 0 aromatic carbocycles. The molecule has 0 spiro atoms. The second-order valence-corrected chi connectivity index (χ2v) is 6.57. The Bertz CT molecular complexity index is 625. The minimum absolute atomic E-state index is 0.0276. The van der Waals surface area contributed by atoms with Crippen molar-refractivity contribution in [3.8, 4) is 0 Å². The average molecular weight is 318 g/mol. The molecule has 0 aliphatic carbocycles. The molecule has 6 nitrogen and oxygen atoms in total. The average Bonchev–Trinajstić information content (AvgIpc) is 3.02. The van der Waals surface area contributed by atoms with Gasteiger partial charge >= 0.3 is 5.97 Å². The molecule has 0 radical (unpaired) electrons. The maximum absolute atomic E-state index is 12.6. The summed E-state index contributed by atoms with van der Waals surface area (Å²) in [7, 11) is 1.39. The maximum Gasteiger partial charge on any atom is 0.316 e. The van der Waals surface area contributed by atoms with Gasteiger partial charge in [0.15, 0.2) is 0 Å². The molecule has 0 N–H and O–H groups in total. The molecule has 1 aromatic heterocycles. The molecule has 2 saturated heterocycles. The number of nitrogens with zero attached hydrogens (tertiary/aromatic N) is 2. The smallest absolute Gasteiger partial charge is 0.316 e. The minimum Gasteiger partial charge on any atom is -0.468 e. The van der Waals surface area contributed by atoms with Crippen molar-refractivity contribution in [2.45, 2.75) is 20.3 Å². The molecule has 0 saturated carbocycles. The van der Waals surface area contributed by atoms with Gasteiger partial charge in [0.05, 0.1) is 26.7 Å². The molecule has 3 rings (SSSR count). The number of esters is 1. The van der Waals surface area contributed by atoms with E-state index >= 15 is 0 Å². The van der Waals surface area contributed by atoms with Crippen molar-refractivity contribution in [1.82, 2.24) is 9.88 Å². The Morgan fingerprint density at radius 2 is 2.09 bits per heavy atom. The summed E-state index contributed by atoms with van der Waals surface area (Å²) in [5, 5.41) is 0. The van der Waals surface area contributed by atoms with E-state index in [9.17, 15) is 9.59 Å². The summed E-state index contributed by atoms with van der Waals surface area (Å²) in [5.41, 5.74) is 2.09. The SMILES string of the molecule is COC(=O)[C@@]12COC[C@@H]1CN(C(=O)Cc1cc(C)nc(C)c1)C2. The Morgan fingerprint density at radius 3 is 2.74 bits per heavy atom. The van der Waals surface area contributed by atoms with Crippen molar-refractivity contribution in [3.05, 3.63) is 29.1 Å². The molecule has 124 valence electrons. The normalized spacial score (nSPS) is 26.2. The molecule has 23 heavy (non-hydrogen) atoms. The molecule has 0 bridgehead atoms. The maximum atomic E-state index is 12.6. The summed E-state index contributed by atoms with van der Waals surface area (Å²) >= 11 is 0. The summed E-state index contributed by atoms with van der Waals surface area (Å²) in [6.07, 6.45) is 0.328. The first-order valence-corrected chi connectivity index (χ1v) is 7.83. The minimum atomic E-state index is -0.686. The number of aryl methyl sites for hydroxylation is 2. The number of rotatable bonds is 3. The predicted molar refractivity (Wildman–Crippen MR) is 82.8 cm³/mol. The van der Waals surface area contributed by atoms with Crippen molar-refractivity contribution < 1.29 is 19.1 Å². The number of amides is 1. The topological polar surface area (TPSA) is 68.7 Å². The third-order valence-corrected chi connectivity index (χ3v) is 4.82. The highest BCUT2D eigenvalue weighted by molar-refractivity contribution is 5.83. The largest absolute Gasteiger partial charge is 0.468 e. The first kappa shape index (κ1) is 15.9. The monoisotopic (exact) mass is 318 g/mol. The van der Waals surface area contributed by atoms with Gasteiger partial charge in [-0.1, -0.05) is 0 Å². The Morgan fingerprint density at radius 1 is 1.39 bits per heavy atom. The first-order chi connectivity index (χ1) is 10.9. The zero-order chi connectivity index (χ0) is 16.6. The van der Waals surface area contributed by atoms with Crippen LogP contribution in [0.3, 0.4) is 0 Å². The second kappa shape index (κ2) is 5.92. The Balaban J connectivity index is 1.73.